The summed E-state index contributed by atoms with van der Waals surface area (Å²) in [6.07, 6.45) is 20.5. The summed E-state index contributed by atoms with van der Waals surface area (Å²) >= 11 is 0. The number of hydrogen-bond donors (Lipinski definition) is 1. The Kier molecular flexibility index (Phi) is 17.2. The zero-order valence-corrected chi connectivity index (χ0v) is 19.0. The smallest absolute Gasteiger partial charge is 0.303 e. The Hall–Kier alpha value is -2.37. The lowest BCUT2D eigenvalue weighted by atomic mass is 10.1. The molecule has 2 unspecified atom stereocenters. The minimum atomic E-state index is -0.706. The van der Waals surface area contributed by atoms with Gasteiger partial charge in [0.05, 0.1) is 0 Å². The molecule has 6 nitrogen and oxygen atoms in total. The largest absolute Gasteiger partial charge is 0.464 e. The van der Waals surface area contributed by atoms with Crippen LogP contribution in [0.5, 0.6) is 0 Å². The van der Waals surface area contributed by atoms with Crippen LogP contribution in [0.2, 0.25) is 0 Å². The lowest BCUT2D eigenvalue weighted by Gasteiger charge is -2.24. The van der Waals surface area contributed by atoms with Crippen LogP contribution in [-0.2, 0) is 23.9 Å². The Bertz CT molecular complexity index is 580. The number of carbonyl (C=O) groups excluding carboxylic acids is 3. The van der Waals surface area contributed by atoms with Gasteiger partial charge in [0.1, 0.15) is 18.8 Å². The van der Waals surface area contributed by atoms with Gasteiger partial charge in [-0.25, -0.2) is 0 Å². The van der Waals surface area contributed by atoms with E-state index in [0.717, 1.165) is 19.3 Å². The highest BCUT2D eigenvalue weighted by atomic mass is 16.6. The van der Waals surface area contributed by atoms with Gasteiger partial charge in [-0.1, -0.05) is 63.0 Å². The van der Waals surface area contributed by atoms with Crippen molar-refractivity contribution in [2.75, 3.05) is 6.61 Å². The van der Waals surface area contributed by atoms with E-state index in [4.69, 9.17) is 9.47 Å². The molecule has 30 heavy (non-hydrogen) atoms. The molecule has 0 heterocycles. The van der Waals surface area contributed by atoms with Gasteiger partial charge in [-0.3, -0.25) is 14.4 Å². The van der Waals surface area contributed by atoms with E-state index in [1.807, 2.05) is 12.2 Å². The van der Waals surface area contributed by atoms with Crippen LogP contribution in [0.1, 0.15) is 79.1 Å². The van der Waals surface area contributed by atoms with Crippen molar-refractivity contribution in [3.8, 4) is 0 Å². The number of ether oxygens (including phenoxy) is 2. The lowest BCUT2D eigenvalue weighted by molar-refractivity contribution is -0.149. The number of esters is 2. The fourth-order valence-corrected chi connectivity index (χ4v) is 2.77. The normalized spacial score (nSPS) is 13.6. The standard InChI is InChI=1S/C24H39NO5/c1-5-6-7-8-9-10-11-12-13-14-15-16-17-18-24(30-22(4)28)23(25-20(2)26)19-29-21(3)27/h11-14,17-18,23-24H,5-10,15-16,19H2,1-4H3,(H,25,26). The van der Waals surface area contributed by atoms with Gasteiger partial charge in [-0.05, 0) is 31.8 Å². The second-order valence-electron chi connectivity index (χ2n) is 7.25. The monoisotopic (exact) mass is 421 g/mol. The summed E-state index contributed by atoms with van der Waals surface area (Å²) < 4.78 is 10.3. The Labute approximate surface area is 181 Å². The molecule has 0 saturated carbocycles. The number of rotatable bonds is 16. The van der Waals surface area contributed by atoms with E-state index < -0.39 is 24.1 Å². The molecule has 1 amide bonds. The third-order valence-corrected chi connectivity index (χ3v) is 4.24. The zero-order valence-electron chi connectivity index (χ0n) is 19.0. The molecule has 0 aliphatic heterocycles. The summed E-state index contributed by atoms with van der Waals surface area (Å²) in [6.45, 7) is 6.10. The SMILES string of the molecule is CCCCCCCC=CC=CCCC=CC(OC(C)=O)C(COC(C)=O)NC(C)=O. The van der Waals surface area contributed by atoms with Crippen molar-refractivity contribution in [2.45, 2.75) is 91.2 Å². The Morgan fingerprint density at radius 2 is 1.47 bits per heavy atom. The number of hydrogen-bond acceptors (Lipinski definition) is 5. The highest BCUT2D eigenvalue weighted by Crippen LogP contribution is 2.07. The predicted octanol–water partition coefficient (Wildman–Crippen LogP) is 4.80. The van der Waals surface area contributed by atoms with Crippen LogP contribution in [-0.4, -0.2) is 36.6 Å². The number of amides is 1. The molecule has 0 fully saturated rings. The molecule has 0 aromatic heterocycles. The molecule has 0 saturated heterocycles. The summed E-state index contributed by atoms with van der Waals surface area (Å²) in [5, 5.41) is 2.67. The summed E-state index contributed by atoms with van der Waals surface area (Å²) in [6, 6.07) is -0.637. The molecule has 0 radical (unpaired) electrons. The minimum absolute atomic E-state index is 0.0691. The average Bonchev–Trinajstić information content (AvgIpc) is 2.67. The third kappa shape index (κ3) is 17.7. The topological polar surface area (TPSA) is 81.7 Å². The molecule has 0 aliphatic carbocycles. The van der Waals surface area contributed by atoms with Crippen molar-refractivity contribution < 1.29 is 23.9 Å². The summed E-state index contributed by atoms with van der Waals surface area (Å²) in [7, 11) is 0. The van der Waals surface area contributed by atoms with Gasteiger partial charge in [-0.15, -0.1) is 0 Å². The molecule has 0 rings (SSSR count). The Morgan fingerprint density at radius 3 is 2.07 bits per heavy atom. The molecule has 6 heteroatoms. The maximum absolute atomic E-state index is 11.4. The second-order valence-corrected chi connectivity index (χ2v) is 7.25. The van der Waals surface area contributed by atoms with Gasteiger partial charge < -0.3 is 14.8 Å². The predicted molar refractivity (Wildman–Crippen MR) is 120 cm³/mol. The Balaban J connectivity index is 4.45. The van der Waals surface area contributed by atoms with Crippen molar-refractivity contribution in [2.24, 2.45) is 0 Å². The first-order valence-corrected chi connectivity index (χ1v) is 10.9. The first-order valence-electron chi connectivity index (χ1n) is 10.9. The van der Waals surface area contributed by atoms with E-state index in [2.05, 4.69) is 30.5 Å². The molecular weight excluding hydrogens is 382 g/mol. The lowest BCUT2D eigenvalue weighted by Crippen LogP contribution is -2.46. The maximum atomic E-state index is 11.4. The molecule has 0 aliphatic rings. The minimum Gasteiger partial charge on any atom is -0.464 e. The van der Waals surface area contributed by atoms with Crippen molar-refractivity contribution in [1.82, 2.24) is 5.32 Å². The van der Waals surface area contributed by atoms with Crippen LogP contribution in [0.3, 0.4) is 0 Å². The van der Waals surface area contributed by atoms with Crippen molar-refractivity contribution >= 4 is 17.8 Å². The summed E-state index contributed by atoms with van der Waals surface area (Å²) in [5.41, 5.74) is 0. The van der Waals surface area contributed by atoms with Gasteiger partial charge in [0.25, 0.3) is 0 Å². The Morgan fingerprint density at radius 1 is 0.833 bits per heavy atom. The van der Waals surface area contributed by atoms with Crippen LogP contribution in [0, 0.1) is 0 Å². The van der Waals surface area contributed by atoms with E-state index in [1.54, 1.807) is 6.08 Å². The average molecular weight is 422 g/mol. The van der Waals surface area contributed by atoms with Crippen molar-refractivity contribution in [1.29, 1.82) is 0 Å². The van der Waals surface area contributed by atoms with E-state index >= 15 is 0 Å². The molecule has 0 spiro atoms. The van der Waals surface area contributed by atoms with Crippen LogP contribution < -0.4 is 5.32 Å². The van der Waals surface area contributed by atoms with Crippen molar-refractivity contribution in [3.63, 3.8) is 0 Å². The van der Waals surface area contributed by atoms with Crippen LogP contribution in [0.15, 0.2) is 36.5 Å². The summed E-state index contributed by atoms with van der Waals surface area (Å²) in [4.78, 5) is 34.0. The van der Waals surface area contributed by atoms with Crippen LogP contribution in [0.4, 0.5) is 0 Å². The first-order chi connectivity index (χ1) is 14.4. The van der Waals surface area contributed by atoms with E-state index in [9.17, 15) is 14.4 Å². The van der Waals surface area contributed by atoms with E-state index in [0.29, 0.717) is 0 Å². The number of allylic oxidation sites excluding steroid dienone is 5. The van der Waals surface area contributed by atoms with Crippen LogP contribution >= 0.6 is 0 Å². The first kappa shape index (κ1) is 27.6. The number of carbonyl (C=O) groups is 3. The highest BCUT2D eigenvalue weighted by Gasteiger charge is 2.24. The summed E-state index contributed by atoms with van der Waals surface area (Å²) in [5.74, 6) is -1.23. The molecule has 0 bridgehead atoms. The number of unbranched alkanes of at least 4 members (excludes halogenated alkanes) is 6. The molecule has 1 N–H and O–H groups in total. The molecule has 0 aromatic carbocycles. The quantitative estimate of drug-likeness (QED) is 0.168. The van der Waals surface area contributed by atoms with Gasteiger partial charge in [0.2, 0.25) is 5.91 Å². The van der Waals surface area contributed by atoms with Crippen LogP contribution in [0.25, 0.3) is 0 Å². The van der Waals surface area contributed by atoms with E-state index in [-0.39, 0.29) is 12.5 Å². The third-order valence-electron chi connectivity index (χ3n) is 4.24. The van der Waals surface area contributed by atoms with Gasteiger partial charge in [0.15, 0.2) is 0 Å². The van der Waals surface area contributed by atoms with Crippen molar-refractivity contribution in [3.05, 3.63) is 36.5 Å². The zero-order chi connectivity index (χ0) is 22.6. The fraction of sp³-hybridized carbons (Fsp3) is 0.625. The van der Waals surface area contributed by atoms with E-state index in [1.165, 1.54) is 52.9 Å². The van der Waals surface area contributed by atoms with Gasteiger partial charge in [0, 0.05) is 20.8 Å². The fourth-order valence-electron chi connectivity index (χ4n) is 2.77. The van der Waals surface area contributed by atoms with Gasteiger partial charge >= 0.3 is 11.9 Å². The second kappa shape index (κ2) is 18.6. The van der Waals surface area contributed by atoms with Gasteiger partial charge in [-0.2, -0.15) is 0 Å². The highest BCUT2D eigenvalue weighted by molar-refractivity contribution is 5.73. The number of nitrogens with one attached hydrogen (secondary N) is 1. The molecule has 0 aromatic rings. The molecular formula is C24H39NO5. The maximum Gasteiger partial charge on any atom is 0.303 e. The molecule has 170 valence electrons. The molecule has 2 atom stereocenters.